The molecule has 4 aliphatic rings. The summed E-state index contributed by atoms with van der Waals surface area (Å²) in [6.07, 6.45) is -33.0. The zero-order valence-electron chi connectivity index (χ0n) is 25.3. The molecule has 1 amide bonds. The van der Waals surface area contributed by atoms with Crippen molar-refractivity contribution in [3.63, 3.8) is 0 Å². The molecule has 0 aromatic carbocycles. The van der Waals surface area contributed by atoms with Crippen molar-refractivity contribution in [3.05, 3.63) is 0 Å². The minimum atomic E-state index is -1.95. The quantitative estimate of drug-likeness (QED) is 0.101. The maximum atomic E-state index is 12.0. The van der Waals surface area contributed by atoms with Gasteiger partial charge in [0, 0.05) is 6.92 Å². The number of aliphatic hydroxyl groups is 12. The number of aliphatic hydroxyl groups excluding tert-OH is 12. The van der Waals surface area contributed by atoms with Crippen LogP contribution in [0.2, 0.25) is 0 Å². The van der Waals surface area contributed by atoms with E-state index in [0.29, 0.717) is 0 Å². The molecule has 47 heavy (non-hydrogen) atoms. The van der Waals surface area contributed by atoms with Gasteiger partial charge in [0.15, 0.2) is 25.2 Å². The van der Waals surface area contributed by atoms with Gasteiger partial charge in [-0.05, 0) is 6.92 Å². The van der Waals surface area contributed by atoms with Crippen molar-refractivity contribution in [1.82, 2.24) is 5.32 Å². The standard InChI is InChI=1S/C26H45NO20/c1-6-12(32)16(36)19(39)25(41-6)47-22-21(46-24-11(27-7(2)31)15(35)13(33)8(3-28)43-24)14(34)9(4-29)44-26(22)45-20-10(5-30)42-23(40)18(38)17(20)37/h6,8-26,28-30,32-40H,3-5H2,1-2H3,(H,27,31). The van der Waals surface area contributed by atoms with E-state index in [1.807, 2.05) is 0 Å². The lowest BCUT2D eigenvalue weighted by Crippen LogP contribution is -2.69. The van der Waals surface area contributed by atoms with E-state index < -0.39 is 148 Å². The Kier molecular flexibility index (Phi) is 13.2. The highest BCUT2D eigenvalue weighted by Gasteiger charge is 2.56. The second-order valence-electron chi connectivity index (χ2n) is 11.9. The first-order chi connectivity index (χ1) is 22.1. The van der Waals surface area contributed by atoms with Crippen molar-refractivity contribution in [1.29, 1.82) is 0 Å². The molecule has 20 atom stereocenters. The third-order valence-electron chi connectivity index (χ3n) is 8.57. The summed E-state index contributed by atoms with van der Waals surface area (Å²) in [4.78, 5) is 12.0. The lowest BCUT2D eigenvalue weighted by atomic mass is 9.94. The predicted molar refractivity (Wildman–Crippen MR) is 144 cm³/mol. The molecule has 21 nitrogen and oxygen atoms in total. The number of hydrogen-bond donors (Lipinski definition) is 13. The average Bonchev–Trinajstić information content (AvgIpc) is 3.04. The van der Waals surface area contributed by atoms with Crippen LogP contribution in [0.15, 0.2) is 0 Å². The van der Waals surface area contributed by atoms with Gasteiger partial charge in [-0.2, -0.15) is 0 Å². The fourth-order valence-electron chi connectivity index (χ4n) is 5.86. The van der Waals surface area contributed by atoms with Gasteiger partial charge in [0.25, 0.3) is 0 Å². The third kappa shape index (κ3) is 8.04. The first-order valence-electron chi connectivity index (χ1n) is 15.0. The molecule has 4 aliphatic heterocycles. The van der Waals surface area contributed by atoms with E-state index in [0.717, 1.165) is 6.92 Å². The lowest BCUT2D eigenvalue weighted by Gasteiger charge is -2.50. The molecular weight excluding hydrogens is 646 g/mol. The molecule has 0 saturated carbocycles. The Morgan fingerprint density at radius 2 is 1.11 bits per heavy atom. The number of carbonyl (C=O) groups excluding carboxylic acids is 1. The van der Waals surface area contributed by atoms with E-state index in [4.69, 9.17) is 33.2 Å². The van der Waals surface area contributed by atoms with Crippen molar-refractivity contribution in [2.45, 2.75) is 137 Å². The third-order valence-corrected chi connectivity index (χ3v) is 8.57. The molecule has 4 fully saturated rings. The lowest BCUT2D eigenvalue weighted by molar-refractivity contribution is -0.400. The fraction of sp³-hybridized carbons (Fsp3) is 0.962. The number of nitrogens with one attached hydrogen (secondary N) is 1. The normalized spacial score (nSPS) is 51.0. The van der Waals surface area contributed by atoms with Crippen molar-refractivity contribution in [3.8, 4) is 0 Å². The van der Waals surface area contributed by atoms with Gasteiger partial charge in [0.1, 0.15) is 91.5 Å². The van der Waals surface area contributed by atoms with Gasteiger partial charge in [0.05, 0.1) is 25.9 Å². The fourth-order valence-corrected chi connectivity index (χ4v) is 5.86. The predicted octanol–water partition coefficient (Wildman–Crippen LogP) is -8.58. The Balaban J connectivity index is 1.73. The zero-order chi connectivity index (χ0) is 34.9. The van der Waals surface area contributed by atoms with Crippen LogP contribution in [0.5, 0.6) is 0 Å². The second kappa shape index (κ2) is 16.2. The van der Waals surface area contributed by atoms with Crippen molar-refractivity contribution in [2.24, 2.45) is 0 Å². The van der Waals surface area contributed by atoms with E-state index in [9.17, 15) is 66.1 Å². The van der Waals surface area contributed by atoms with E-state index in [1.165, 1.54) is 6.92 Å². The van der Waals surface area contributed by atoms with Gasteiger partial charge in [-0.15, -0.1) is 0 Å². The summed E-state index contributed by atoms with van der Waals surface area (Å²) in [5, 5.41) is 127. The van der Waals surface area contributed by atoms with Gasteiger partial charge in [0.2, 0.25) is 5.91 Å². The minimum absolute atomic E-state index is 0.710. The van der Waals surface area contributed by atoms with Gasteiger partial charge in [-0.3, -0.25) is 4.79 Å². The van der Waals surface area contributed by atoms with Crippen molar-refractivity contribution in [2.75, 3.05) is 19.8 Å². The Morgan fingerprint density at radius 1 is 0.553 bits per heavy atom. The summed E-state index contributed by atoms with van der Waals surface area (Å²) in [5.74, 6) is -0.710. The van der Waals surface area contributed by atoms with E-state index in [2.05, 4.69) is 5.32 Å². The van der Waals surface area contributed by atoms with Crippen LogP contribution < -0.4 is 5.32 Å². The summed E-state index contributed by atoms with van der Waals surface area (Å²) in [6, 6.07) is -1.54. The van der Waals surface area contributed by atoms with Crippen LogP contribution in [0, 0.1) is 0 Å². The average molecular weight is 692 g/mol. The van der Waals surface area contributed by atoms with E-state index in [-0.39, 0.29) is 0 Å². The summed E-state index contributed by atoms with van der Waals surface area (Å²) in [5.41, 5.74) is 0. The Morgan fingerprint density at radius 3 is 1.70 bits per heavy atom. The first-order valence-corrected chi connectivity index (χ1v) is 15.0. The second-order valence-corrected chi connectivity index (χ2v) is 11.9. The Labute approximate surface area is 267 Å². The van der Waals surface area contributed by atoms with Crippen molar-refractivity contribution >= 4 is 5.91 Å². The van der Waals surface area contributed by atoms with Crippen LogP contribution in [-0.4, -0.2) is 210 Å². The summed E-state index contributed by atoms with van der Waals surface area (Å²) >= 11 is 0. The molecule has 4 rings (SSSR count). The molecule has 20 unspecified atom stereocenters. The maximum Gasteiger partial charge on any atom is 0.217 e. The first kappa shape index (κ1) is 38.5. The summed E-state index contributed by atoms with van der Waals surface area (Å²) < 4.78 is 39.7. The topological polar surface area (TPSA) is 336 Å². The number of ether oxygens (including phenoxy) is 7. The molecule has 4 saturated heterocycles. The Bertz CT molecular complexity index is 1010. The monoisotopic (exact) mass is 691 g/mol. The molecule has 21 heteroatoms. The largest absolute Gasteiger partial charge is 0.394 e. The Hall–Kier alpha value is -1.29. The highest BCUT2D eigenvalue weighted by atomic mass is 16.8. The van der Waals surface area contributed by atoms with Crippen LogP contribution in [0.1, 0.15) is 13.8 Å². The van der Waals surface area contributed by atoms with Crippen LogP contribution in [-0.2, 0) is 38.0 Å². The van der Waals surface area contributed by atoms with Crippen LogP contribution in [0.4, 0.5) is 0 Å². The highest BCUT2D eigenvalue weighted by Crippen LogP contribution is 2.35. The molecule has 0 radical (unpaired) electrons. The van der Waals surface area contributed by atoms with Gasteiger partial charge < -0.3 is 99.8 Å². The van der Waals surface area contributed by atoms with Gasteiger partial charge in [-0.25, -0.2) is 0 Å². The highest BCUT2D eigenvalue weighted by molar-refractivity contribution is 5.73. The number of rotatable bonds is 10. The number of hydrogen-bond acceptors (Lipinski definition) is 20. The SMILES string of the molecule is CC(=O)NC1C(OC2C(O)C(CO)OC(OC3C(CO)OC(O)C(O)C3O)C2OC2OC(C)C(O)C(O)C2O)OC(CO)C(O)C1O. The molecule has 0 aliphatic carbocycles. The van der Waals surface area contributed by atoms with Gasteiger partial charge >= 0.3 is 0 Å². The number of amides is 1. The number of carbonyl (C=O) groups is 1. The molecule has 0 spiro atoms. The van der Waals surface area contributed by atoms with Crippen LogP contribution >= 0.6 is 0 Å². The zero-order valence-corrected chi connectivity index (χ0v) is 25.3. The maximum absolute atomic E-state index is 12.0. The molecule has 0 aromatic rings. The molecule has 0 bridgehead atoms. The van der Waals surface area contributed by atoms with Crippen LogP contribution in [0.3, 0.4) is 0 Å². The van der Waals surface area contributed by atoms with Gasteiger partial charge in [-0.1, -0.05) is 0 Å². The minimum Gasteiger partial charge on any atom is -0.394 e. The van der Waals surface area contributed by atoms with Crippen molar-refractivity contribution < 1.29 is 99.2 Å². The molecular formula is C26H45NO20. The van der Waals surface area contributed by atoms with Crippen LogP contribution in [0.25, 0.3) is 0 Å². The summed E-state index contributed by atoms with van der Waals surface area (Å²) in [7, 11) is 0. The molecule has 274 valence electrons. The van der Waals surface area contributed by atoms with E-state index in [1.54, 1.807) is 0 Å². The molecule has 4 heterocycles. The molecule has 0 aromatic heterocycles. The smallest absolute Gasteiger partial charge is 0.217 e. The van der Waals surface area contributed by atoms with E-state index >= 15 is 0 Å². The summed E-state index contributed by atoms with van der Waals surface area (Å²) in [6.45, 7) is -0.177. The molecule has 13 N–H and O–H groups in total.